The van der Waals surface area contributed by atoms with Crippen molar-refractivity contribution in [1.82, 2.24) is 4.90 Å². The normalized spacial score (nSPS) is 16.4. The molecule has 1 fully saturated rings. The Morgan fingerprint density at radius 1 is 1.43 bits per heavy atom. The number of hydrogen-bond acceptors (Lipinski definition) is 2. The molecule has 1 unspecified atom stereocenters. The van der Waals surface area contributed by atoms with Crippen LogP contribution in [0.5, 0.6) is 0 Å². The zero-order valence-electron chi connectivity index (χ0n) is 12.0. The first-order valence-corrected chi connectivity index (χ1v) is 7.75. The summed E-state index contributed by atoms with van der Waals surface area (Å²) >= 11 is 3.22. The molecule has 4 nitrogen and oxygen atoms in total. The van der Waals surface area contributed by atoms with Crippen LogP contribution >= 0.6 is 15.9 Å². The van der Waals surface area contributed by atoms with Gasteiger partial charge in [-0.25, -0.2) is 4.39 Å². The first-order chi connectivity index (χ1) is 9.90. The fourth-order valence-corrected chi connectivity index (χ4v) is 3.01. The second-order valence-corrected chi connectivity index (χ2v) is 6.35. The van der Waals surface area contributed by atoms with Crippen LogP contribution in [0.15, 0.2) is 22.7 Å². The molecule has 0 radical (unpaired) electrons. The number of halogens is 2. The van der Waals surface area contributed by atoms with Crippen LogP contribution in [0.3, 0.4) is 0 Å². The summed E-state index contributed by atoms with van der Waals surface area (Å²) in [6, 6.07) is 3.57. The summed E-state index contributed by atoms with van der Waals surface area (Å²) in [6.45, 7) is 4.44. The van der Waals surface area contributed by atoms with Crippen molar-refractivity contribution < 1.29 is 14.0 Å². The van der Waals surface area contributed by atoms with Crippen LogP contribution in [-0.4, -0.2) is 29.3 Å². The first kappa shape index (κ1) is 15.9. The average molecular weight is 357 g/mol. The van der Waals surface area contributed by atoms with Crippen LogP contribution in [0.4, 0.5) is 10.1 Å². The second kappa shape index (κ2) is 6.56. The van der Waals surface area contributed by atoms with E-state index in [1.165, 1.54) is 18.2 Å². The molecule has 1 aliphatic heterocycles. The smallest absolute Gasteiger partial charge is 0.247 e. The van der Waals surface area contributed by atoms with Crippen LogP contribution in [0.25, 0.3) is 0 Å². The molecule has 0 spiro atoms. The average Bonchev–Trinajstić information content (AvgIpc) is 2.79. The fourth-order valence-electron chi connectivity index (χ4n) is 2.56. The van der Waals surface area contributed by atoms with Gasteiger partial charge in [-0.2, -0.15) is 0 Å². The lowest BCUT2D eigenvalue weighted by Gasteiger charge is -2.30. The molecule has 2 amide bonds. The number of carbonyl (C=O) groups is 2. The third-order valence-corrected chi connectivity index (χ3v) is 4.19. The van der Waals surface area contributed by atoms with E-state index in [2.05, 4.69) is 21.2 Å². The Morgan fingerprint density at radius 3 is 2.67 bits per heavy atom. The molecule has 0 aliphatic carbocycles. The highest BCUT2D eigenvalue weighted by Crippen LogP contribution is 2.25. The summed E-state index contributed by atoms with van der Waals surface area (Å²) in [7, 11) is 0. The van der Waals surface area contributed by atoms with Gasteiger partial charge in [0.05, 0.1) is 5.69 Å². The molecule has 1 aromatic carbocycles. The number of anilines is 1. The van der Waals surface area contributed by atoms with Crippen molar-refractivity contribution in [3.63, 3.8) is 0 Å². The highest BCUT2D eigenvalue weighted by atomic mass is 79.9. The van der Waals surface area contributed by atoms with Crippen molar-refractivity contribution in [3.05, 3.63) is 28.5 Å². The Morgan fingerprint density at radius 2 is 2.14 bits per heavy atom. The van der Waals surface area contributed by atoms with Gasteiger partial charge in [-0.15, -0.1) is 0 Å². The number of likely N-dealkylation sites (tertiary alicyclic amines) is 1. The van der Waals surface area contributed by atoms with Crippen molar-refractivity contribution in [3.8, 4) is 0 Å². The number of benzene rings is 1. The molecular weight excluding hydrogens is 339 g/mol. The van der Waals surface area contributed by atoms with E-state index < -0.39 is 6.04 Å². The molecule has 2 rings (SSSR count). The standard InChI is InChI=1S/C15H18BrFN2O2/c1-9(2)14(19-7-3-4-13(19)20)15(21)18-12-6-5-10(17)8-11(12)16/h5-6,8-9,14H,3-4,7H2,1-2H3,(H,18,21). The maximum atomic E-state index is 13.1. The molecule has 114 valence electrons. The van der Waals surface area contributed by atoms with E-state index in [4.69, 9.17) is 0 Å². The van der Waals surface area contributed by atoms with Crippen LogP contribution in [0, 0.1) is 11.7 Å². The third kappa shape index (κ3) is 3.61. The highest BCUT2D eigenvalue weighted by Gasteiger charge is 2.35. The maximum absolute atomic E-state index is 13.1. The van der Waals surface area contributed by atoms with Crippen LogP contribution in [-0.2, 0) is 9.59 Å². The molecular formula is C15H18BrFN2O2. The summed E-state index contributed by atoms with van der Waals surface area (Å²) < 4.78 is 13.6. The molecule has 1 N–H and O–H groups in total. The summed E-state index contributed by atoms with van der Waals surface area (Å²) in [6.07, 6.45) is 1.28. The third-order valence-electron chi connectivity index (χ3n) is 3.53. The van der Waals surface area contributed by atoms with Crippen molar-refractivity contribution in [2.45, 2.75) is 32.7 Å². The van der Waals surface area contributed by atoms with Gasteiger partial charge in [0.1, 0.15) is 11.9 Å². The number of nitrogens with one attached hydrogen (secondary N) is 1. The Balaban J connectivity index is 2.17. The zero-order valence-corrected chi connectivity index (χ0v) is 13.6. The van der Waals surface area contributed by atoms with Gasteiger partial charge < -0.3 is 10.2 Å². The number of hydrogen-bond donors (Lipinski definition) is 1. The van der Waals surface area contributed by atoms with Gasteiger partial charge in [0, 0.05) is 17.4 Å². The largest absolute Gasteiger partial charge is 0.330 e. The maximum Gasteiger partial charge on any atom is 0.247 e. The quantitative estimate of drug-likeness (QED) is 0.900. The Bertz CT molecular complexity index is 563. The minimum Gasteiger partial charge on any atom is -0.330 e. The van der Waals surface area contributed by atoms with Crippen LogP contribution < -0.4 is 5.32 Å². The molecule has 6 heteroatoms. The predicted molar refractivity (Wildman–Crippen MR) is 82.3 cm³/mol. The van der Waals surface area contributed by atoms with E-state index in [1.54, 1.807) is 4.90 Å². The molecule has 1 atom stereocenters. The van der Waals surface area contributed by atoms with E-state index in [0.29, 0.717) is 23.1 Å². The van der Waals surface area contributed by atoms with E-state index in [0.717, 1.165) is 6.42 Å². The summed E-state index contributed by atoms with van der Waals surface area (Å²) in [5.41, 5.74) is 0.499. The fraction of sp³-hybridized carbons (Fsp3) is 0.467. The van der Waals surface area contributed by atoms with Gasteiger partial charge in [0.2, 0.25) is 11.8 Å². The molecule has 21 heavy (non-hydrogen) atoms. The van der Waals surface area contributed by atoms with Crippen molar-refractivity contribution >= 4 is 33.4 Å². The Hall–Kier alpha value is -1.43. The summed E-state index contributed by atoms with van der Waals surface area (Å²) in [4.78, 5) is 26.0. The van der Waals surface area contributed by atoms with Crippen LogP contribution in [0.1, 0.15) is 26.7 Å². The molecule has 1 saturated heterocycles. The van der Waals surface area contributed by atoms with Crippen molar-refractivity contribution in [1.29, 1.82) is 0 Å². The molecule has 0 bridgehead atoms. The molecule has 0 saturated carbocycles. The van der Waals surface area contributed by atoms with E-state index in [-0.39, 0.29) is 23.5 Å². The van der Waals surface area contributed by atoms with Crippen molar-refractivity contribution in [2.75, 3.05) is 11.9 Å². The Labute approximate surface area is 131 Å². The lowest BCUT2D eigenvalue weighted by molar-refractivity contribution is -0.136. The monoisotopic (exact) mass is 356 g/mol. The van der Waals surface area contributed by atoms with Gasteiger partial charge in [0.25, 0.3) is 0 Å². The topological polar surface area (TPSA) is 49.4 Å². The van der Waals surface area contributed by atoms with Gasteiger partial charge >= 0.3 is 0 Å². The number of nitrogens with zero attached hydrogens (tertiary/aromatic N) is 1. The minimum absolute atomic E-state index is 0.00581. The molecule has 1 heterocycles. The summed E-state index contributed by atoms with van der Waals surface area (Å²) in [5.74, 6) is -0.601. The van der Waals surface area contributed by atoms with E-state index in [9.17, 15) is 14.0 Å². The number of carbonyl (C=O) groups excluding carboxylic acids is 2. The molecule has 1 aliphatic rings. The van der Waals surface area contributed by atoms with Gasteiger partial charge in [0.15, 0.2) is 0 Å². The molecule has 1 aromatic rings. The lowest BCUT2D eigenvalue weighted by Crippen LogP contribution is -2.48. The Kier molecular flexibility index (Phi) is 4.98. The van der Waals surface area contributed by atoms with E-state index in [1.807, 2.05) is 13.8 Å². The lowest BCUT2D eigenvalue weighted by atomic mass is 10.0. The first-order valence-electron chi connectivity index (χ1n) is 6.95. The minimum atomic E-state index is -0.503. The number of amides is 2. The van der Waals surface area contributed by atoms with Gasteiger partial charge in [-0.05, 0) is 46.5 Å². The zero-order chi connectivity index (χ0) is 15.6. The number of rotatable bonds is 4. The predicted octanol–water partition coefficient (Wildman–Crippen LogP) is 3.17. The highest BCUT2D eigenvalue weighted by molar-refractivity contribution is 9.10. The van der Waals surface area contributed by atoms with E-state index >= 15 is 0 Å². The second-order valence-electron chi connectivity index (χ2n) is 5.49. The van der Waals surface area contributed by atoms with Gasteiger partial charge in [-0.3, -0.25) is 9.59 Å². The van der Waals surface area contributed by atoms with Gasteiger partial charge in [-0.1, -0.05) is 13.8 Å². The summed E-state index contributed by atoms with van der Waals surface area (Å²) in [5, 5.41) is 2.77. The molecule has 0 aromatic heterocycles. The van der Waals surface area contributed by atoms with Crippen LogP contribution in [0.2, 0.25) is 0 Å². The van der Waals surface area contributed by atoms with Crippen molar-refractivity contribution in [2.24, 2.45) is 5.92 Å². The SMILES string of the molecule is CC(C)C(C(=O)Nc1ccc(F)cc1Br)N1CCCC1=O.